The van der Waals surface area contributed by atoms with Crippen molar-refractivity contribution in [2.45, 2.75) is 64.6 Å². The number of carbonyl (C=O) groups is 1. The standard InChI is InChI=1S/C14H22N2O.C6H14N2O2.ClH/c1-11(2)17-14-8-13(9-16-10-14)7-5-6-12(3)15-4;7-4-2-1-3-5(8)6(9)10;/h5,7-12,15H,6H2,1-4H3;5H,1-4,7-8H2,(H,9,10);1H/b7-5+;;/t12-;5-;/m00./s1. The zero-order valence-corrected chi connectivity index (χ0v) is 18.2. The number of nitrogens with zero attached hydrogens (tertiary/aromatic N) is 1. The van der Waals surface area contributed by atoms with Crippen LogP contribution in [0.5, 0.6) is 5.75 Å². The molecule has 7 nitrogen and oxygen atoms in total. The fraction of sp³-hybridized carbons (Fsp3) is 0.600. The number of hydrogen-bond acceptors (Lipinski definition) is 6. The van der Waals surface area contributed by atoms with Crippen molar-refractivity contribution >= 4 is 24.5 Å². The van der Waals surface area contributed by atoms with Gasteiger partial charge in [0.25, 0.3) is 0 Å². The molecule has 1 rings (SSSR count). The molecule has 162 valence electrons. The van der Waals surface area contributed by atoms with E-state index in [4.69, 9.17) is 21.3 Å². The highest BCUT2D eigenvalue weighted by molar-refractivity contribution is 5.85. The number of aliphatic carboxylic acids is 1. The van der Waals surface area contributed by atoms with Crippen LogP contribution in [0.4, 0.5) is 0 Å². The van der Waals surface area contributed by atoms with Crippen LogP contribution in [0.2, 0.25) is 0 Å². The van der Waals surface area contributed by atoms with Crippen LogP contribution in [0.25, 0.3) is 6.08 Å². The van der Waals surface area contributed by atoms with Gasteiger partial charge in [-0.3, -0.25) is 9.78 Å². The van der Waals surface area contributed by atoms with Crippen molar-refractivity contribution in [1.82, 2.24) is 10.3 Å². The second kappa shape index (κ2) is 17.4. The van der Waals surface area contributed by atoms with Gasteiger partial charge in [0.1, 0.15) is 11.8 Å². The summed E-state index contributed by atoms with van der Waals surface area (Å²) in [6, 6.07) is 1.79. The first-order valence-electron chi connectivity index (χ1n) is 9.44. The van der Waals surface area contributed by atoms with Gasteiger partial charge in [0.05, 0.1) is 12.3 Å². The zero-order valence-electron chi connectivity index (χ0n) is 17.4. The molecule has 1 aromatic rings. The molecule has 0 aliphatic heterocycles. The number of rotatable bonds is 11. The fourth-order valence-corrected chi connectivity index (χ4v) is 2.02. The van der Waals surface area contributed by atoms with Crippen molar-refractivity contribution in [3.8, 4) is 5.75 Å². The van der Waals surface area contributed by atoms with E-state index in [-0.39, 0.29) is 18.5 Å². The van der Waals surface area contributed by atoms with E-state index in [2.05, 4.69) is 29.4 Å². The summed E-state index contributed by atoms with van der Waals surface area (Å²) in [4.78, 5) is 14.3. The van der Waals surface area contributed by atoms with E-state index in [9.17, 15) is 4.79 Å². The predicted molar refractivity (Wildman–Crippen MR) is 118 cm³/mol. The third-order valence-corrected chi connectivity index (χ3v) is 3.69. The van der Waals surface area contributed by atoms with Gasteiger partial charge in [-0.25, -0.2) is 0 Å². The number of aromatic nitrogens is 1. The van der Waals surface area contributed by atoms with E-state index in [1.54, 1.807) is 6.20 Å². The molecule has 0 fully saturated rings. The first-order valence-corrected chi connectivity index (χ1v) is 9.44. The van der Waals surface area contributed by atoms with Crippen LogP contribution in [0, 0.1) is 0 Å². The highest BCUT2D eigenvalue weighted by Gasteiger charge is 2.09. The lowest BCUT2D eigenvalue weighted by atomic mass is 10.1. The molecule has 1 heterocycles. The quantitative estimate of drug-likeness (QED) is 0.409. The molecule has 2 atom stereocenters. The lowest BCUT2D eigenvalue weighted by Crippen LogP contribution is -2.29. The molecule has 28 heavy (non-hydrogen) atoms. The van der Waals surface area contributed by atoms with Crippen molar-refractivity contribution < 1.29 is 14.6 Å². The largest absolute Gasteiger partial charge is 0.489 e. The van der Waals surface area contributed by atoms with Gasteiger partial charge in [-0.1, -0.05) is 18.6 Å². The fourth-order valence-electron chi connectivity index (χ4n) is 2.02. The van der Waals surface area contributed by atoms with Gasteiger partial charge >= 0.3 is 5.97 Å². The van der Waals surface area contributed by atoms with Crippen molar-refractivity contribution in [2.24, 2.45) is 11.5 Å². The molecular weight excluding hydrogens is 380 g/mol. The van der Waals surface area contributed by atoms with E-state index in [1.807, 2.05) is 33.2 Å². The second-order valence-corrected chi connectivity index (χ2v) is 6.68. The molecule has 0 unspecified atom stereocenters. The average molecular weight is 417 g/mol. The molecule has 0 spiro atoms. The van der Waals surface area contributed by atoms with E-state index < -0.39 is 12.0 Å². The number of nitrogens with two attached hydrogens (primary N) is 2. The maximum absolute atomic E-state index is 10.1. The third-order valence-electron chi connectivity index (χ3n) is 3.69. The number of pyridine rings is 1. The van der Waals surface area contributed by atoms with Crippen LogP contribution in [-0.4, -0.2) is 47.8 Å². The van der Waals surface area contributed by atoms with Gasteiger partial charge in [-0.2, -0.15) is 0 Å². The van der Waals surface area contributed by atoms with E-state index in [0.717, 1.165) is 30.6 Å². The van der Waals surface area contributed by atoms with Crippen molar-refractivity contribution in [1.29, 1.82) is 0 Å². The van der Waals surface area contributed by atoms with Crippen LogP contribution >= 0.6 is 12.4 Å². The average Bonchev–Trinajstić information content (AvgIpc) is 2.62. The lowest BCUT2D eigenvalue weighted by molar-refractivity contribution is -0.138. The topological polar surface area (TPSA) is 123 Å². The Morgan fingerprint density at radius 2 is 2.00 bits per heavy atom. The van der Waals surface area contributed by atoms with Gasteiger partial charge in [0.2, 0.25) is 0 Å². The lowest BCUT2D eigenvalue weighted by Gasteiger charge is -2.09. The first kappa shape index (κ1) is 28.5. The summed E-state index contributed by atoms with van der Waals surface area (Å²) in [5.41, 5.74) is 11.5. The van der Waals surface area contributed by atoms with Gasteiger partial charge < -0.3 is 26.6 Å². The Kier molecular flexibility index (Phi) is 17.8. The molecule has 0 aliphatic carbocycles. The molecule has 0 bridgehead atoms. The molecule has 1 aromatic heterocycles. The number of halogens is 1. The maximum atomic E-state index is 10.1. The zero-order chi connectivity index (χ0) is 20.7. The number of carboxylic acid groups (broad SMARTS) is 1. The molecule has 0 amide bonds. The van der Waals surface area contributed by atoms with Crippen LogP contribution in [0.3, 0.4) is 0 Å². The highest BCUT2D eigenvalue weighted by Crippen LogP contribution is 2.14. The van der Waals surface area contributed by atoms with Gasteiger partial charge in [-0.15, -0.1) is 12.4 Å². The van der Waals surface area contributed by atoms with Gasteiger partial charge in [0, 0.05) is 12.2 Å². The Balaban J connectivity index is 0. The Hall–Kier alpha value is -1.67. The molecule has 0 radical (unpaired) electrons. The smallest absolute Gasteiger partial charge is 0.320 e. The van der Waals surface area contributed by atoms with E-state index >= 15 is 0 Å². The number of ether oxygens (including phenoxy) is 1. The molecular formula is C20H37ClN4O3. The summed E-state index contributed by atoms with van der Waals surface area (Å²) in [6.45, 7) is 6.78. The summed E-state index contributed by atoms with van der Waals surface area (Å²) in [5.74, 6) is -0.110. The Labute approximate surface area is 175 Å². The van der Waals surface area contributed by atoms with Crippen LogP contribution in [0.15, 0.2) is 24.5 Å². The maximum Gasteiger partial charge on any atom is 0.320 e. The predicted octanol–water partition coefficient (Wildman–Crippen LogP) is 2.83. The monoisotopic (exact) mass is 416 g/mol. The molecule has 8 heteroatoms. The molecule has 0 saturated carbocycles. The van der Waals surface area contributed by atoms with Crippen LogP contribution in [-0.2, 0) is 4.79 Å². The summed E-state index contributed by atoms with van der Waals surface area (Å²) < 4.78 is 5.59. The van der Waals surface area contributed by atoms with E-state index in [0.29, 0.717) is 19.0 Å². The third kappa shape index (κ3) is 15.4. The number of carboxylic acids is 1. The second-order valence-electron chi connectivity index (χ2n) is 6.68. The number of nitrogens with one attached hydrogen (secondary N) is 1. The Morgan fingerprint density at radius 1 is 1.32 bits per heavy atom. The minimum absolute atomic E-state index is 0. The number of unbranched alkanes of at least 4 members (excludes halogenated alkanes) is 1. The normalized spacial score (nSPS) is 12.7. The van der Waals surface area contributed by atoms with Crippen LogP contribution < -0.4 is 21.5 Å². The SMILES string of the molecule is CN[C@@H](C)C/C=C/c1cncc(OC(C)C)c1.Cl.NCCCC[C@H](N)C(=O)O. The van der Waals surface area contributed by atoms with Gasteiger partial charge in [0.15, 0.2) is 0 Å². The minimum Gasteiger partial charge on any atom is -0.489 e. The van der Waals surface area contributed by atoms with Crippen molar-refractivity contribution in [3.63, 3.8) is 0 Å². The molecule has 0 aromatic carbocycles. The van der Waals surface area contributed by atoms with Gasteiger partial charge in [-0.05, 0) is 65.3 Å². The highest BCUT2D eigenvalue weighted by atomic mass is 35.5. The Bertz CT molecular complexity index is 556. The Morgan fingerprint density at radius 3 is 2.54 bits per heavy atom. The molecule has 0 saturated heterocycles. The first-order chi connectivity index (χ1) is 12.8. The molecule has 0 aliphatic rings. The van der Waals surface area contributed by atoms with Crippen molar-refractivity contribution in [2.75, 3.05) is 13.6 Å². The minimum atomic E-state index is -0.933. The summed E-state index contributed by atoms with van der Waals surface area (Å²) in [6.07, 6.45) is 11.2. The summed E-state index contributed by atoms with van der Waals surface area (Å²) >= 11 is 0. The summed E-state index contributed by atoms with van der Waals surface area (Å²) in [7, 11) is 1.97. The number of hydrogen-bond donors (Lipinski definition) is 4. The summed E-state index contributed by atoms with van der Waals surface area (Å²) in [5, 5.41) is 11.5. The van der Waals surface area contributed by atoms with Crippen LogP contribution in [0.1, 0.15) is 52.0 Å². The van der Waals surface area contributed by atoms with Crippen molar-refractivity contribution in [3.05, 3.63) is 30.1 Å². The van der Waals surface area contributed by atoms with E-state index in [1.165, 1.54) is 0 Å². The molecule has 6 N–H and O–H groups in total.